The minimum Gasteiger partial charge on any atom is -0.477 e. The van der Waals surface area contributed by atoms with Gasteiger partial charge in [0, 0.05) is 12.1 Å². The molecule has 54 heavy (non-hydrogen) atoms. The van der Waals surface area contributed by atoms with E-state index in [2.05, 4.69) is 85.0 Å². The van der Waals surface area contributed by atoms with Crippen LogP contribution in [0.2, 0.25) is 0 Å². The molecular formula is C45H46N6O3. The number of tetrazole rings is 1. The maximum atomic E-state index is 12.8. The van der Waals surface area contributed by atoms with Gasteiger partial charge in [-0.1, -0.05) is 160 Å². The van der Waals surface area contributed by atoms with Crippen molar-refractivity contribution in [3.05, 3.63) is 173 Å². The summed E-state index contributed by atoms with van der Waals surface area (Å²) >= 11 is 0. The summed E-state index contributed by atoms with van der Waals surface area (Å²) in [4.78, 5) is 14.7. The van der Waals surface area contributed by atoms with Gasteiger partial charge in [-0.2, -0.15) is 0 Å². The molecule has 3 N–H and O–H groups in total. The molecule has 0 bridgehead atoms. The number of rotatable bonds is 13. The van der Waals surface area contributed by atoms with E-state index in [0.717, 1.165) is 51.8 Å². The van der Waals surface area contributed by atoms with E-state index in [1.807, 2.05) is 88.4 Å². The van der Waals surface area contributed by atoms with Crippen LogP contribution in [0.15, 0.2) is 151 Å². The third-order valence-electron chi connectivity index (χ3n) is 10.6. The molecule has 1 aromatic heterocycles. The van der Waals surface area contributed by atoms with E-state index in [1.165, 1.54) is 0 Å². The van der Waals surface area contributed by atoms with Gasteiger partial charge in [0.25, 0.3) is 0 Å². The Balaban J connectivity index is 1.33. The van der Waals surface area contributed by atoms with E-state index >= 15 is 0 Å². The van der Waals surface area contributed by atoms with Crippen molar-refractivity contribution < 1.29 is 15.0 Å². The molecule has 0 saturated heterocycles. The van der Waals surface area contributed by atoms with Crippen molar-refractivity contribution in [3.8, 4) is 22.5 Å². The second-order valence-electron chi connectivity index (χ2n) is 14.4. The van der Waals surface area contributed by atoms with Crippen LogP contribution in [0.4, 0.5) is 0 Å². The van der Waals surface area contributed by atoms with Crippen LogP contribution in [-0.2, 0) is 16.9 Å². The molecule has 6 aromatic rings. The maximum Gasteiger partial charge on any atom is 0.354 e. The summed E-state index contributed by atoms with van der Waals surface area (Å²) in [6.07, 6.45) is 2.23. The minimum absolute atomic E-state index is 0.109. The standard InChI is InChI=1S/C45H46N6O3/c1-5-30-44(6-2)46-40(43(3,4)54)39(42(52)53)50(44)31-32-26-28-33(29-27-32)37-24-16-17-25-38(37)41-47-48-49-51(41)45(34-18-10-7-11-19-34,35-20-12-8-13-21-35)36-22-14-9-15-23-36/h7-29,46,54H,5-6,30-31H2,1-4H3,(H,52,53). The van der Waals surface area contributed by atoms with E-state index in [-0.39, 0.29) is 5.70 Å². The molecule has 9 nitrogen and oxygen atoms in total. The number of carbonyl (C=O) groups is 1. The Morgan fingerprint density at radius 1 is 0.741 bits per heavy atom. The van der Waals surface area contributed by atoms with Crippen LogP contribution in [-0.4, -0.2) is 52.6 Å². The van der Waals surface area contributed by atoms with E-state index in [1.54, 1.807) is 13.8 Å². The van der Waals surface area contributed by atoms with Gasteiger partial charge in [-0.3, -0.25) is 0 Å². The lowest BCUT2D eigenvalue weighted by molar-refractivity contribution is -0.135. The number of carboxylic acids is 1. The van der Waals surface area contributed by atoms with Crippen molar-refractivity contribution in [3.63, 3.8) is 0 Å². The van der Waals surface area contributed by atoms with Gasteiger partial charge in [-0.05, 0) is 70.5 Å². The van der Waals surface area contributed by atoms with Gasteiger partial charge < -0.3 is 20.4 Å². The molecule has 2 heterocycles. The normalized spacial score (nSPS) is 16.1. The molecule has 1 atom stereocenters. The monoisotopic (exact) mass is 718 g/mol. The lowest BCUT2D eigenvalue weighted by atomic mass is 9.77. The van der Waals surface area contributed by atoms with Crippen molar-refractivity contribution in [2.45, 2.75) is 70.3 Å². The average molecular weight is 719 g/mol. The lowest BCUT2D eigenvalue weighted by Gasteiger charge is -2.41. The topological polar surface area (TPSA) is 116 Å². The first kappa shape index (κ1) is 36.3. The van der Waals surface area contributed by atoms with Crippen LogP contribution in [0.3, 0.4) is 0 Å². The number of benzene rings is 5. The second-order valence-corrected chi connectivity index (χ2v) is 14.4. The zero-order valence-corrected chi connectivity index (χ0v) is 31.1. The van der Waals surface area contributed by atoms with E-state index in [4.69, 9.17) is 10.3 Å². The van der Waals surface area contributed by atoms with Gasteiger partial charge >= 0.3 is 5.97 Å². The lowest BCUT2D eigenvalue weighted by Crippen LogP contribution is -2.53. The third-order valence-corrected chi connectivity index (χ3v) is 10.6. The fourth-order valence-electron chi connectivity index (χ4n) is 8.06. The molecule has 1 aliphatic heterocycles. The number of nitrogens with one attached hydrogen (secondary N) is 1. The Bertz CT molecular complexity index is 2150. The Kier molecular flexibility index (Phi) is 9.92. The molecule has 5 aromatic carbocycles. The minimum atomic E-state index is -1.35. The summed E-state index contributed by atoms with van der Waals surface area (Å²) in [5.41, 5.74) is 4.35. The largest absolute Gasteiger partial charge is 0.477 e. The fraction of sp³-hybridized carbons (Fsp3) is 0.244. The zero-order chi connectivity index (χ0) is 37.9. The van der Waals surface area contributed by atoms with Crippen LogP contribution < -0.4 is 5.32 Å². The first-order chi connectivity index (χ1) is 26.1. The summed E-state index contributed by atoms with van der Waals surface area (Å²) in [7, 11) is 0. The molecule has 0 spiro atoms. The Morgan fingerprint density at radius 2 is 1.26 bits per heavy atom. The molecule has 0 fully saturated rings. The zero-order valence-electron chi connectivity index (χ0n) is 31.1. The van der Waals surface area contributed by atoms with Crippen molar-refractivity contribution in [2.24, 2.45) is 0 Å². The molecular weight excluding hydrogens is 673 g/mol. The molecule has 1 aliphatic rings. The van der Waals surface area contributed by atoms with Crippen molar-refractivity contribution in [2.75, 3.05) is 0 Å². The van der Waals surface area contributed by atoms with Gasteiger partial charge in [-0.15, -0.1) is 5.10 Å². The molecule has 0 amide bonds. The SMILES string of the molecule is CCCC1(CC)NC(C(C)(C)O)=C(C(=O)O)N1Cc1ccc(-c2ccccc2-c2nnnn2C(c2ccccc2)(c2ccccc2)c2ccccc2)cc1. The fourth-order valence-corrected chi connectivity index (χ4v) is 8.06. The highest BCUT2D eigenvalue weighted by atomic mass is 16.4. The summed E-state index contributed by atoms with van der Waals surface area (Å²) in [6, 6.07) is 47.4. The Labute approximate surface area is 316 Å². The van der Waals surface area contributed by atoms with Crippen molar-refractivity contribution >= 4 is 5.97 Å². The van der Waals surface area contributed by atoms with Gasteiger partial charge in [0.2, 0.25) is 0 Å². The van der Waals surface area contributed by atoms with Gasteiger partial charge in [0.1, 0.15) is 22.5 Å². The van der Waals surface area contributed by atoms with Crippen LogP contribution >= 0.6 is 0 Å². The highest BCUT2D eigenvalue weighted by molar-refractivity contribution is 5.88. The van der Waals surface area contributed by atoms with Gasteiger partial charge in [0.15, 0.2) is 5.82 Å². The van der Waals surface area contributed by atoms with Crippen molar-refractivity contribution in [1.82, 2.24) is 30.4 Å². The van der Waals surface area contributed by atoms with Crippen LogP contribution in [0.25, 0.3) is 22.5 Å². The summed E-state index contributed by atoms with van der Waals surface area (Å²) in [5.74, 6) is -0.455. The Hall–Kier alpha value is -6.06. The molecule has 0 aliphatic carbocycles. The molecule has 274 valence electrons. The van der Waals surface area contributed by atoms with E-state index in [0.29, 0.717) is 24.5 Å². The number of carboxylic acid groups (broad SMARTS) is 1. The number of aliphatic hydroxyl groups is 1. The number of nitrogens with zero attached hydrogens (tertiary/aromatic N) is 5. The first-order valence-corrected chi connectivity index (χ1v) is 18.5. The molecule has 9 heteroatoms. The van der Waals surface area contributed by atoms with E-state index < -0.39 is 22.8 Å². The van der Waals surface area contributed by atoms with Crippen molar-refractivity contribution in [1.29, 1.82) is 0 Å². The molecule has 0 radical (unpaired) electrons. The van der Waals surface area contributed by atoms with Crippen LogP contribution in [0.1, 0.15) is 69.2 Å². The quantitative estimate of drug-likeness (QED) is 0.102. The molecule has 0 saturated carbocycles. The smallest absolute Gasteiger partial charge is 0.354 e. The molecule has 1 unspecified atom stereocenters. The van der Waals surface area contributed by atoms with Crippen LogP contribution in [0, 0.1) is 0 Å². The van der Waals surface area contributed by atoms with Crippen LogP contribution in [0.5, 0.6) is 0 Å². The van der Waals surface area contributed by atoms with Gasteiger partial charge in [-0.25, -0.2) is 9.48 Å². The third kappa shape index (κ3) is 6.34. The average Bonchev–Trinajstić information content (AvgIpc) is 3.81. The first-order valence-electron chi connectivity index (χ1n) is 18.5. The summed E-state index contributed by atoms with van der Waals surface area (Å²) < 4.78 is 1.94. The Morgan fingerprint density at radius 3 is 1.74 bits per heavy atom. The van der Waals surface area contributed by atoms with Gasteiger partial charge in [0.05, 0.1) is 5.70 Å². The number of hydrogen-bond donors (Lipinski definition) is 3. The predicted molar refractivity (Wildman–Crippen MR) is 211 cm³/mol. The van der Waals surface area contributed by atoms with E-state index in [9.17, 15) is 15.0 Å². The number of hydrogen-bond acceptors (Lipinski definition) is 7. The second kappa shape index (κ2) is 14.8. The molecule has 7 rings (SSSR count). The summed E-state index contributed by atoms with van der Waals surface area (Å²) in [6.45, 7) is 7.75. The summed E-state index contributed by atoms with van der Waals surface area (Å²) in [5, 5.41) is 38.7. The number of aliphatic carboxylic acids is 1. The maximum absolute atomic E-state index is 12.8. The highest BCUT2D eigenvalue weighted by Crippen LogP contribution is 2.44. The predicted octanol–water partition coefficient (Wildman–Crippen LogP) is 8.23. The highest BCUT2D eigenvalue weighted by Gasteiger charge is 2.49. The number of aromatic nitrogens is 4.